The van der Waals surface area contributed by atoms with Crippen LogP contribution in [0.2, 0.25) is 5.02 Å². The molecule has 0 bridgehead atoms. The molecule has 0 saturated heterocycles. The second-order valence-electron chi connectivity index (χ2n) is 2.99. The summed E-state index contributed by atoms with van der Waals surface area (Å²) in [6.45, 7) is 0.129. The first-order chi connectivity index (χ1) is 6.66. The van der Waals surface area contributed by atoms with Gasteiger partial charge in [-0.1, -0.05) is 11.6 Å². The van der Waals surface area contributed by atoms with E-state index in [1.165, 1.54) is 0 Å². The highest BCUT2D eigenvalue weighted by Gasteiger charge is 2.24. The van der Waals surface area contributed by atoms with Crippen molar-refractivity contribution in [2.75, 3.05) is 11.9 Å². The number of hydrogen-bond acceptors (Lipinski definition) is 3. The third-order valence-corrected chi connectivity index (χ3v) is 2.21. The number of fused-ring (bicyclic) bond motifs is 1. The van der Waals surface area contributed by atoms with Gasteiger partial charge in [0, 0.05) is 5.02 Å². The van der Waals surface area contributed by atoms with E-state index in [0.717, 1.165) is 0 Å². The Kier molecular flexibility index (Phi) is 2.21. The largest absolute Gasteiger partial charge is 0.489 e. The molecule has 1 aromatic rings. The molecule has 2 N–H and O–H groups in total. The molecule has 1 aromatic carbocycles. The van der Waals surface area contributed by atoms with Crippen molar-refractivity contribution in [3.63, 3.8) is 0 Å². The quantitative estimate of drug-likeness (QED) is 0.744. The van der Waals surface area contributed by atoms with Gasteiger partial charge in [0.1, 0.15) is 12.4 Å². The van der Waals surface area contributed by atoms with Crippen LogP contribution in [0.5, 0.6) is 5.75 Å². The Morgan fingerprint density at radius 1 is 1.64 bits per heavy atom. The average Bonchev–Trinajstić information content (AvgIpc) is 2.16. The molecule has 74 valence electrons. The third-order valence-electron chi connectivity index (χ3n) is 1.97. The fourth-order valence-electron chi connectivity index (χ4n) is 1.28. The summed E-state index contributed by atoms with van der Waals surface area (Å²) in [7, 11) is 0. The summed E-state index contributed by atoms with van der Waals surface area (Å²) in [4.78, 5) is 10.7. The van der Waals surface area contributed by atoms with Crippen molar-refractivity contribution in [3.05, 3.63) is 23.2 Å². The topological polar surface area (TPSA) is 58.6 Å². The number of aliphatic carboxylic acids is 1. The van der Waals surface area contributed by atoms with E-state index >= 15 is 0 Å². The zero-order valence-corrected chi connectivity index (χ0v) is 7.91. The Morgan fingerprint density at radius 3 is 3.14 bits per heavy atom. The van der Waals surface area contributed by atoms with Gasteiger partial charge < -0.3 is 15.2 Å². The monoisotopic (exact) mass is 213 g/mol. The molecule has 1 aliphatic heterocycles. The number of carboxylic acids is 1. The molecule has 5 heteroatoms. The number of halogens is 1. The smallest absolute Gasteiger partial charge is 0.329 e. The summed E-state index contributed by atoms with van der Waals surface area (Å²) in [5.41, 5.74) is 0.621. The van der Waals surface area contributed by atoms with Crippen molar-refractivity contribution in [1.82, 2.24) is 0 Å². The Labute approximate surface area is 85.4 Å². The highest BCUT2D eigenvalue weighted by molar-refractivity contribution is 6.30. The molecule has 1 heterocycles. The summed E-state index contributed by atoms with van der Waals surface area (Å²) in [5, 5.41) is 12.1. The van der Waals surface area contributed by atoms with E-state index in [0.29, 0.717) is 16.5 Å². The lowest BCUT2D eigenvalue weighted by Crippen LogP contribution is -2.38. The van der Waals surface area contributed by atoms with Gasteiger partial charge >= 0.3 is 5.97 Å². The first kappa shape index (κ1) is 9.15. The van der Waals surface area contributed by atoms with Crippen molar-refractivity contribution in [2.24, 2.45) is 0 Å². The van der Waals surface area contributed by atoms with E-state index in [4.69, 9.17) is 21.4 Å². The Hall–Kier alpha value is -1.42. The van der Waals surface area contributed by atoms with Gasteiger partial charge in [-0.15, -0.1) is 0 Å². The molecule has 1 atom stereocenters. The molecule has 0 spiro atoms. The van der Waals surface area contributed by atoms with Crippen molar-refractivity contribution in [1.29, 1.82) is 0 Å². The number of benzene rings is 1. The summed E-state index contributed by atoms with van der Waals surface area (Å²) in [5.74, 6) is -0.303. The number of rotatable bonds is 1. The maximum absolute atomic E-state index is 10.7. The van der Waals surface area contributed by atoms with E-state index in [1.54, 1.807) is 18.2 Å². The number of ether oxygens (including phenoxy) is 1. The van der Waals surface area contributed by atoms with Crippen LogP contribution in [0, 0.1) is 0 Å². The molecule has 0 fully saturated rings. The molecule has 2 rings (SSSR count). The molecule has 0 aromatic heterocycles. The Morgan fingerprint density at radius 2 is 2.43 bits per heavy atom. The predicted octanol–water partition coefficient (Wildman–Crippen LogP) is 1.60. The molecule has 0 saturated carbocycles. The van der Waals surface area contributed by atoms with Crippen molar-refractivity contribution in [2.45, 2.75) is 6.04 Å². The number of carboxylic acid groups (broad SMARTS) is 1. The number of nitrogens with one attached hydrogen (secondary N) is 1. The van der Waals surface area contributed by atoms with Gasteiger partial charge in [-0.25, -0.2) is 4.79 Å². The normalized spacial score (nSPS) is 19.1. The minimum Gasteiger partial charge on any atom is -0.489 e. The maximum atomic E-state index is 10.7. The first-order valence-electron chi connectivity index (χ1n) is 4.08. The lowest BCUT2D eigenvalue weighted by atomic mass is 10.2. The van der Waals surface area contributed by atoms with Crippen LogP contribution < -0.4 is 10.1 Å². The highest BCUT2D eigenvalue weighted by Crippen LogP contribution is 2.31. The Bertz CT molecular complexity index is 380. The summed E-state index contributed by atoms with van der Waals surface area (Å²) in [6, 6.07) is 4.35. The van der Waals surface area contributed by atoms with Crippen LogP contribution in [-0.4, -0.2) is 23.7 Å². The van der Waals surface area contributed by atoms with E-state index in [2.05, 4.69) is 5.32 Å². The van der Waals surface area contributed by atoms with Gasteiger partial charge in [0.25, 0.3) is 0 Å². The van der Waals surface area contributed by atoms with Crippen LogP contribution in [0.25, 0.3) is 0 Å². The highest BCUT2D eigenvalue weighted by atomic mass is 35.5. The fourth-order valence-corrected chi connectivity index (χ4v) is 1.45. The van der Waals surface area contributed by atoms with Crippen molar-refractivity contribution >= 4 is 23.3 Å². The van der Waals surface area contributed by atoms with E-state index in [9.17, 15) is 4.79 Å². The van der Waals surface area contributed by atoms with Crippen LogP contribution >= 0.6 is 11.6 Å². The van der Waals surface area contributed by atoms with Gasteiger partial charge in [0.2, 0.25) is 0 Å². The molecule has 0 aliphatic carbocycles. The Balaban J connectivity index is 2.29. The molecule has 0 radical (unpaired) electrons. The van der Waals surface area contributed by atoms with Crippen LogP contribution in [-0.2, 0) is 4.79 Å². The second-order valence-corrected chi connectivity index (χ2v) is 3.42. The molecular weight excluding hydrogens is 206 g/mol. The minimum absolute atomic E-state index is 0.129. The second kappa shape index (κ2) is 3.38. The van der Waals surface area contributed by atoms with Crippen molar-refractivity contribution in [3.8, 4) is 5.75 Å². The van der Waals surface area contributed by atoms with Crippen LogP contribution in [0.3, 0.4) is 0 Å². The molecule has 14 heavy (non-hydrogen) atoms. The average molecular weight is 214 g/mol. The lowest BCUT2D eigenvalue weighted by molar-refractivity contribution is -0.138. The SMILES string of the molecule is O=C(O)C1COc2ccc(Cl)cc2N1. The first-order valence-corrected chi connectivity index (χ1v) is 4.46. The maximum Gasteiger partial charge on any atom is 0.329 e. The van der Waals surface area contributed by atoms with Crippen LogP contribution in [0.4, 0.5) is 5.69 Å². The summed E-state index contributed by atoms with van der Waals surface area (Å²) < 4.78 is 5.25. The van der Waals surface area contributed by atoms with Crippen LogP contribution in [0.15, 0.2) is 18.2 Å². The number of carbonyl (C=O) groups is 1. The van der Waals surface area contributed by atoms with E-state index < -0.39 is 12.0 Å². The van der Waals surface area contributed by atoms with Crippen LogP contribution in [0.1, 0.15) is 0 Å². The molecule has 4 nitrogen and oxygen atoms in total. The minimum atomic E-state index is -0.935. The van der Waals surface area contributed by atoms with Crippen molar-refractivity contribution < 1.29 is 14.6 Å². The number of hydrogen-bond donors (Lipinski definition) is 2. The van der Waals surface area contributed by atoms with Gasteiger partial charge in [0.15, 0.2) is 6.04 Å². The zero-order valence-electron chi connectivity index (χ0n) is 7.16. The predicted molar refractivity (Wildman–Crippen MR) is 52.0 cm³/mol. The zero-order chi connectivity index (χ0) is 10.1. The fraction of sp³-hybridized carbons (Fsp3) is 0.222. The van der Waals surface area contributed by atoms with Gasteiger partial charge in [0.05, 0.1) is 5.69 Å². The molecule has 1 unspecified atom stereocenters. The molecule has 1 aliphatic rings. The van der Waals surface area contributed by atoms with Gasteiger partial charge in [-0.05, 0) is 18.2 Å². The van der Waals surface area contributed by atoms with Gasteiger partial charge in [-0.3, -0.25) is 0 Å². The lowest BCUT2D eigenvalue weighted by Gasteiger charge is -2.24. The van der Waals surface area contributed by atoms with Gasteiger partial charge in [-0.2, -0.15) is 0 Å². The third kappa shape index (κ3) is 1.61. The molecular formula is C9H8ClNO3. The van der Waals surface area contributed by atoms with E-state index in [1.807, 2.05) is 0 Å². The van der Waals surface area contributed by atoms with E-state index in [-0.39, 0.29) is 6.61 Å². The summed E-state index contributed by atoms with van der Waals surface area (Å²) in [6.07, 6.45) is 0. The standard InChI is InChI=1S/C9H8ClNO3/c10-5-1-2-8-6(3-5)11-7(4-14-8)9(12)13/h1-3,7,11H,4H2,(H,12,13). The summed E-state index contributed by atoms with van der Waals surface area (Å²) >= 11 is 5.76. The number of anilines is 1. The molecule has 0 amide bonds.